The molecule has 3 aromatic rings. The summed E-state index contributed by atoms with van der Waals surface area (Å²) in [6.45, 7) is 6.13. The van der Waals surface area contributed by atoms with Crippen LogP contribution in [0.25, 0.3) is 11.0 Å². The van der Waals surface area contributed by atoms with E-state index < -0.39 is 0 Å². The number of carbonyl (C=O) groups excluding carboxylic acids is 1. The van der Waals surface area contributed by atoms with Crippen molar-refractivity contribution in [1.29, 1.82) is 0 Å². The van der Waals surface area contributed by atoms with Gasteiger partial charge in [0.15, 0.2) is 0 Å². The number of nitrogens with zero attached hydrogens (tertiary/aromatic N) is 2. The average Bonchev–Trinajstić information content (AvgIpc) is 3.04. The Labute approximate surface area is 171 Å². The highest BCUT2D eigenvalue weighted by atomic mass is 35.5. The quantitative estimate of drug-likeness (QED) is 0.515. The number of amides is 1. The second-order valence-corrected chi connectivity index (χ2v) is 7.83. The third-order valence-corrected chi connectivity index (χ3v) is 5.35. The molecule has 0 saturated carbocycles. The Morgan fingerprint density at radius 2 is 1.93 bits per heavy atom. The first-order valence-corrected chi connectivity index (χ1v) is 10.4. The third-order valence-electron chi connectivity index (χ3n) is 5.10. The second-order valence-electron chi connectivity index (χ2n) is 7.40. The van der Waals surface area contributed by atoms with Crippen molar-refractivity contribution >= 4 is 28.5 Å². The van der Waals surface area contributed by atoms with Crippen molar-refractivity contribution in [1.82, 2.24) is 14.9 Å². The molecule has 1 atom stereocenters. The summed E-state index contributed by atoms with van der Waals surface area (Å²) in [6, 6.07) is 15.7. The van der Waals surface area contributed by atoms with Gasteiger partial charge in [-0.15, -0.1) is 0 Å². The molecule has 0 saturated heterocycles. The fourth-order valence-electron chi connectivity index (χ4n) is 3.29. The van der Waals surface area contributed by atoms with Gasteiger partial charge < -0.3 is 9.88 Å². The maximum atomic E-state index is 12.1. The van der Waals surface area contributed by atoms with Crippen LogP contribution in [-0.2, 0) is 24.2 Å². The predicted molar refractivity (Wildman–Crippen MR) is 116 cm³/mol. The van der Waals surface area contributed by atoms with Crippen molar-refractivity contribution in [3.05, 3.63) is 64.9 Å². The summed E-state index contributed by atoms with van der Waals surface area (Å²) in [5, 5.41) is 3.70. The molecule has 4 nitrogen and oxygen atoms in total. The maximum absolute atomic E-state index is 12.1. The van der Waals surface area contributed by atoms with Gasteiger partial charge in [-0.25, -0.2) is 4.98 Å². The number of benzene rings is 2. The van der Waals surface area contributed by atoms with Crippen LogP contribution in [0, 0.1) is 5.92 Å². The standard InChI is InChI=1S/C23H28ClN3O/c1-3-17(2)16-27-21-8-5-4-7-20(21)26-22(27)9-6-14-25-23(28)15-18-10-12-19(24)13-11-18/h4-5,7-8,10-13,17H,3,6,9,14-16H2,1-2H3,(H,25,28). The molecular weight excluding hydrogens is 370 g/mol. The van der Waals surface area contributed by atoms with E-state index in [1.165, 1.54) is 5.52 Å². The zero-order chi connectivity index (χ0) is 19.9. The molecule has 1 N–H and O–H groups in total. The summed E-state index contributed by atoms with van der Waals surface area (Å²) in [5.41, 5.74) is 3.22. The van der Waals surface area contributed by atoms with Crippen LogP contribution >= 0.6 is 11.6 Å². The van der Waals surface area contributed by atoms with Gasteiger partial charge >= 0.3 is 0 Å². The molecule has 2 aromatic carbocycles. The summed E-state index contributed by atoms with van der Waals surface area (Å²) in [7, 11) is 0. The molecule has 0 aliphatic carbocycles. The molecule has 0 radical (unpaired) electrons. The molecular formula is C23H28ClN3O. The molecule has 1 aromatic heterocycles. The monoisotopic (exact) mass is 397 g/mol. The van der Waals surface area contributed by atoms with Gasteiger partial charge in [0.2, 0.25) is 5.91 Å². The van der Waals surface area contributed by atoms with E-state index in [-0.39, 0.29) is 5.91 Å². The van der Waals surface area contributed by atoms with Crippen molar-refractivity contribution < 1.29 is 4.79 Å². The lowest BCUT2D eigenvalue weighted by Gasteiger charge is -2.14. The van der Waals surface area contributed by atoms with E-state index >= 15 is 0 Å². The number of halogens is 1. The molecule has 3 rings (SSSR count). The first-order chi connectivity index (χ1) is 13.6. The number of carbonyl (C=O) groups is 1. The van der Waals surface area contributed by atoms with Crippen LogP contribution in [0.4, 0.5) is 0 Å². The van der Waals surface area contributed by atoms with Crippen LogP contribution < -0.4 is 5.32 Å². The number of para-hydroxylation sites is 2. The highest BCUT2D eigenvalue weighted by molar-refractivity contribution is 6.30. The van der Waals surface area contributed by atoms with Gasteiger partial charge in [-0.1, -0.05) is 56.1 Å². The lowest BCUT2D eigenvalue weighted by atomic mass is 10.1. The zero-order valence-corrected chi connectivity index (χ0v) is 17.4. The molecule has 1 heterocycles. The summed E-state index contributed by atoms with van der Waals surface area (Å²) in [6.07, 6.45) is 3.25. The summed E-state index contributed by atoms with van der Waals surface area (Å²) in [5.74, 6) is 1.75. The molecule has 5 heteroatoms. The van der Waals surface area contributed by atoms with Crippen molar-refractivity contribution in [3.63, 3.8) is 0 Å². The first kappa shape index (κ1) is 20.4. The van der Waals surface area contributed by atoms with Gasteiger partial charge in [0.25, 0.3) is 0 Å². The van der Waals surface area contributed by atoms with Crippen molar-refractivity contribution in [2.75, 3.05) is 6.54 Å². The average molecular weight is 398 g/mol. The van der Waals surface area contributed by atoms with Crippen LogP contribution in [0.15, 0.2) is 48.5 Å². The molecule has 148 valence electrons. The smallest absolute Gasteiger partial charge is 0.224 e. The molecule has 0 aliphatic heterocycles. The molecule has 0 bridgehead atoms. The van der Waals surface area contributed by atoms with Gasteiger partial charge in [0.1, 0.15) is 5.82 Å². The largest absolute Gasteiger partial charge is 0.356 e. The van der Waals surface area contributed by atoms with Crippen molar-refractivity contribution in [3.8, 4) is 0 Å². The van der Waals surface area contributed by atoms with Crippen molar-refractivity contribution in [2.24, 2.45) is 5.92 Å². The van der Waals surface area contributed by atoms with Gasteiger partial charge in [-0.2, -0.15) is 0 Å². The van der Waals surface area contributed by atoms with Gasteiger partial charge in [-0.05, 0) is 42.2 Å². The molecule has 1 amide bonds. The number of hydrogen-bond acceptors (Lipinski definition) is 2. The van der Waals surface area contributed by atoms with E-state index in [0.717, 1.165) is 42.7 Å². The summed E-state index contributed by atoms with van der Waals surface area (Å²) in [4.78, 5) is 17.0. The van der Waals surface area contributed by atoms with Crippen LogP contribution in [-0.4, -0.2) is 22.0 Å². The highest BCUT2D eigenvalue weighted by Crippen LogP contribution is 2.19. The van der Waals surface area contributed by atoms with Gasteiger partial charge in [0, 0.05) is 24.5 Å². The minimum Gasteiger partial charge on any atom is -0.356 e. The third kappa shape index (κ3) is 5.35. The lowest BCUT2D eigenvalue weighted by Crippen LogP contribution is -2.26. The zero-order valence-electron chi connectivity index (χ0n) is 16.6. The van der Waals surface area contributed by atoms with Crippen LogP contribution in [0.5, 0.6) is 0 Å². The molecule has 0 spiro atoms. The highest BCUT2D eigenvalue weighted by Gasteiger charge is 2.12. The normalized spacial score (nSPS) is 12.2. The Balaban J connectivity index is 1.55. The second kappa shape index (κ2) is 9.74. The Morgan fingerprint density at radius 3 is 2.68 bits per heavy atom. The Morgan fingerprint density at radius 1 is 1.18 bits per heavy atom. The van der Waals surface area contributed by atoms with E-state index in [9.17, 15) is 4.79 Å². The fraction of sp³-hybridized carbons (Fsp3) is 0.391. The van der Waals surface area contributed by atoms with E-state index in [0.29, 0.717) is 23.9 Å². The first-order valence-electron chi connectivity index (χ1n) is 10.0. The summed E-state index contributed by atoms with van der Waals surface area (Å²) < 4.78 is 2.35. The van der Waals surface area contributed by atoms with E-state index in [2.05, 4.69) is 41.9 Å². The maximum Gasteiger partial charge on any atom is 0.224 e. The van der Waals surface area contributed by atoms with Gasteiger partial charge in [0.05, 0.1) is 17.5 Å². The number of hydrogen-bond donors (Lipinski definition) is 1. The molecule has 28 heavy (non-hydrogen) atoms. The molecule has 0 fully saturated rings. The number of nitrogens with one attached hydrogen (secondary N) is 1. The number of rotatable bonds is 9. The molecule has 1 unspecified atom stereocenters. The Hall–Kier alpha value is -2.33. The minimum absolute atomic E-state index is 0.0374. The number of fused-ring (bicyclic) bond motifs is 1. The molecule has 0 aliphatic rings. The lowest BCUT2D eigenvalue weighted by molar-refractivity contribution is -0.120. The minimum atomic E-state index is 0.0374. The predicted octanol–water partition coefficient (Wildman–Crippen LogP) is 5.03. The van der Waals surface area contributed by atoms with Crippen LogP contribution in [0.1, 0.15) is 38.1 Å². The Bertz CT molecular complexity index is 917. The number of aromatic nitrogens is 2. The van der Waals surface area contributed by atoms with E-state index in [4.69, 9.17) is 16.6 Å². The van der Waals surface area contributed by atoms with Crippen molar-refractivity contribution in [2.45, 2.75) is 46.1 Å². The van der Waals surface area contributed by atoms with Crippen LogP contribution in [0.2, 0.25) is 5.02 Å². The fourth-order valence-corrected chi connectivity index (χ4v) is 3.41. The topological polar surface area (TPSA) is 46.9 Å². The Kier molecular flexibility index (Phi) is 7.10. The van der Waals surface area contributed by atoms with E-state index in [1.807, 2.05) is 30.3 Å². The van der Waals surface area contributed by atoms with Crippen LogP contribution in [0.3, 0.4) is 0 Å². The number of aryl methyl sites for hydroxylation is 1. The number of imidazole rings is 1. The summed E-state index contributed by atoms with van der Waals surface area (Å²) >= 11 is 5.88. The van der Waals surface area contributed by atoms with E-state index in [1.54, 1.807) is 0 Å². The van der Waals surface area contributed by atoms with Gasteiger partial charge in [-0.3, -0.25) is 4.79 Å². The SMILES string of the molecule is CCC(C)Cn1c(CCCNC(=O)Cc2ccc(Cl)cc2)nc2ccccc21.